The first-order valence-corrected chi connectivity index (χ1v) is 7.25. The van der Waals surface area contributed by atoms with E-state index in [0.717, 1.165) is 32.2 Å². The minimum atomic E-state index is 0.665. The van der Waals surface area contributed by atoms with E-state index in [1.54, 1.807) is 0 Å². The Morgan fingerprint density at radius 2 is 2.06 bits per heavy atom. The molecule has 0 aromatic carbocycles. The van der Waals surface area contributed by atoms with Crippen LogP contribution in [0.25, 0.3) is 0 Å². The Kier molecular flexibility index (Phi) is 7.09. The van der Waals surface area contributed by atoms with Gasteiger partial charge >= 0.3 is 0 Å². The molecular weight excluding hydrogens is 212 g/mol. The molecule has 17 heavy (non-hydrogen) atoms. The summed E-state index contributed by atoms with van der Waals surface area (Å²) in [6, 6.07) is 1.37. The van der Waals surface area contributed by atoms with Gasteiger partial charge in [-0.15, -0.1) is 0 Å². The smallest absolute Gasteiger partial charge is 0.0593 e. The van der Waals surface area contributed by atoms with Gasteiger partial charge in [-0.3, -0.25) is 4.90 Å². The van der Waals surface area contributed by atoms with Crippen molar-refractivity contribution in [1.29, 1.82) is 0 Å². The van der Waals surface area contributed by atoms with E-state index in [1.807, 2.05) is 0 Å². The summed E-state index contributed by atoms with van der Waals surface area (Å²) in [6.45, 7) is 14.2. The van der Waals surface area contributed by atoms with Crippen LogP contribution in [-0.2, 0) is 4.74 Å². The molecule has 1 heterocycles. The van der Waals surface area contributed by atoms with Crippen LogP contribution in [0.4, 0.5) is 0 Å². The predicted molar refractivity (Wildman–Crippen MR) is 73.4 cm³/mol. The number of rotatable bonds is 7. The summed E-state index contributed by atoms with van der Waals surface area (Å²) in [4.78, 5) is 2.57. The second-order valence-electron chi connectivity index (χ2n) is 5.18. The van der Waals surface area contributed by atoms with Crippen molar-refractivity contribution < 1.29 is 4.74 Å². The molecule has 0 spiro atoms. The third kappa shape index (κ3) is 4.57. The molecule has 1 aliphatic heterocycles. The Labute approximate surface area is 107 Å². The van der Waals surface area contributed by atoms with Gasteiger partial charge in [0.25, 0.3) is 0 Å². The van der Waals surface area contributed by atoms with Crippen LogP contribution < -0.4 is 5.32 Å². The van der Waals surface area contributed by atoms with Crippen molar-refractivity contribution in [3.05, 3.63) is 0 Å². The van der Waals surface area contributed by atoms with Gasteiger partial charge < -0.3 is 10.1 Å². The van der Waals surface area contributed by atoms with Crippen LogP contribution in [0, 0.1) is 5.92 Å². The van der Waals surface area contributed by atoms with Gasteiger partial charge in [0.2, 0.25) is 0 Å². The average Bonchev–Trinajstić information content (AvgIpc) is 2.34. The second-order valence-corrected chi connectivity index (χ2v) is 5.18. The fraction of sp³-hybridized carbons (Fsp3) is 1.00. The van der Waals surface area contributed by atoms with Crippen LogP contribution in [0.3, 0.4) is 0 Å². The Hall–Kier alpha value is -0.120. The number of piperidine rings is 1. The Morgan fingerprint density at radius 3 is 2.71 bits per heavy atom. The molecule has 1 aliphatic rings. The number of hydrogen-bond acceptors (Lipinski definition) is 3. The lowest BCUT2D eigenvalue weighted by molar-refractivity contribution is 0.0478. The highest BCUT2D eigenvalue weighted by atomic mass is 16.5. The summed E-state index contributed by atoms with van der Waals surface area (Å²) in [5, 5.41) is 3.68. The van der Waals surface area contributed by atoms with Crippen LogP contribution in [0.1, 0.15) is 40.5 Å². The van der Waals surface area contributed by atoms with Gasteiger partial charge in [0.05, 0.1) is 6.61 Å². The van der Waals surface area contributed by atoms with Gasteiger partial charge in [0, 0.05) is 31.8 Å². The molecule has 0 radical (unpaired) electrons. The average molecular weight is 242 g/mol. The topological polar surface area (TPSA) is 24.5 Å². The van der Waals surface area contributed by atoms with Crippen molar-refractivity contribution in [3.63, 3.8) is 0 Å². The summed E-state index contributed by atoms with van der Waals surface area (Å²) >= 11 is 0. The molecule has 3 heteroatoms. The zero-order valence-corrected chi connectivity index (χ0v) is 12.0. The molecule has 0 aliphatic carbocycles. The van der Waals surface area contributed by atoms with Gasteiger partial charge in [0.15, 0.2) is 0 Å². The zero-order chi connectivity index (χ0) is 12.7. The van der Waals surface area contributed by atoms with Gasteiger partial charge in [-0.05, 0) is 39.2 Å². The molecule has 0 aromatic heterocycles. The maximum absolute atomic E-state index is 5.45. The predicted octanol–water partition coefficient (Wildman–Crippen LogP) is 2.12. The molecule has 0 amide bonds. The highest BCUT2D eigenvalue weighted by molar-refractivity contribution is 4.88. The third-order valence-corrected chi connectivity index (χ3v) is 4.08. The van der Waals surface area contributed by atoms with E-state index < -0.39 is 0 Å². The molecule has 3 atom stereocenters. The summed E-state index contributed by atoms with van der Waals surface area (Å²) in [5.41, 5.74) is 0. The number of hydrogen-bond donors (Lipinski definition) is 1. The Morgan fingerprint density at radius 1 is 1.29 bits per heavy atom. The normalized spacial score (nSPS) is 30.7. The van der Waals surface area contributed by atoms with Crippen LogP contribution in [0.5, 0.6) is 0 Å². The molecule has 1 fully saturated rings. The number of ether oxygens (including phenoxy) is 1. The Bertz CT molecular complexity index is 197. The molecule has 1 rings (SSSR count). The zero-order valence-electron chi connectivity index (χ0n) is 12.0. The number of nitrogens with zero attached hydrogens (tertiary/aromatic N) is 1. The second kappa shape index (κ2) is 8.06. The lowest BCUT2D eigenvalue weighted by Gasteiger charge is -2.43. The van der Waals surface area contributed by atoms with E-state index in [-0.39, 0.29) is 0 Å². The van der Waals surface area contributed by atoms with Crippen molar-refractivity contribution in [2.24, 2.45) is 5.92 Å². The molecule has 3 unspecified atom stereocenters. The van der Waals surface area contributed by atoms with Gasteiger partial charge in [-0.25, -0.2) is 0 Å². The van der Waals surface area contributed by atoms with Crippen LogP contribution in [0.2, 0.25) is 0 Å². The van der Waals surface area contributed by atoms with Crippen LogP contribution in [-0.4, -0.2) is 49.8 Å². The van der Waals surface area contributed by atoms with Crippen molar-refractivity contribution >= 4 is 0 Å². The largest absolute Gasteiger partial charge is 0.380 e. The quantitative estimate of drug-likeness (QED) is 0.692. The van der Waals surface area contributed by atoms with Crippen molar-refractivity contribution in [2.75, 3.05) is 32.8 Å². The van der Waals surface area contributed by atoms with Crippen molar-refractivity contribution in [2.45, 2.75) is 52.6 Å². The lowest BCUT2D eigenvalue weighted by Crippen LogP contribution is -2.54. The van der Waals surface area contributed by atoms with E-state index in [9.17, 15) is 0 Å². The van der Waals surface area contributed by atoms with E-state index in [4.69, 9.17) is 4.74 Å². The minimum Gasteiger partial charge on any atom is -0.380 e. The van der Waals surface area contributed by atoms with Gasteiger partial charge in [-0.1, -0.05) is 13.8 Å². The SMILES string of the molecule is CCCNC1CCN(CCOCC)C(C)C1C. The fourth-order valence-corrected chi connectivity index (χ4v) is 2.70. The minimum absolute atomic E-state index is 0.665. The van der Waals surface area contributed by atoms with E-state index in [2.05, 4.69) is 37.9 Å². The fourth-order valence-electron chi connectivity index (χ4n) is 2.70. The third-order valence-electron chi connectivity index (χ3n) is 4.08. The summed E-state index contributed by atoms with van der Waals surface area (Å²) < 4.78 is 5.45. The summed E-state index contributed by atoms with van der Waals surface area (Å²) in [5.74, 6) is 0.733. The van der Waals surface area contributed by atoms with E-state index in [1.165, 1.54) is 19.4 Å². The maximum atomic E-state index is 5.45. The van der Waals surface area contributed by atoms with Crippen molar-refractivity contribution in [3.8, 4) is 0 Å². The molecule has 0 bridgehead atoms. The van der Waals surface area contributed by atoms with E-state index >= 15 is 0 Å². The monoisotopic (exact) mass is 242 g/mol. The molecule has 102 valence electrons. The summed E-state index contributed by atoms with van der Waals surface area (Å²) in [6.07, 6.45) is 2.50. The standard InChI is InChI=1S/C14H30N2O/c1-5-8-15-14-7-9-16(10-11-17-6-2)13(4)12(14)3/h12-15H,5-11H2,1-4H3. The molecular formula is C14H30N2O. The van der Waals surface area contributed by atoms with Crippen LogP contribution >= 0.6 is 0 Å². The number of likely N-dealkylation sites (tertiary alicyclic amines) is 1. The summed E-state index contributed by atoms with van der Waals surface area (Å²) in [7, 11) is 0. The highest BCUT2D eigenvalue weighted by Gasteiger charge is 2.31. The lowest BCUT2D eigenvalue weighted by atomic mass is 9.87. The first-order chi connectivity index (χ1) is 8.20. The highest BCUT2D eigenvalue weighted by Crippen LogP contribution is 2.23. The van der Waals surface area contributed by atoms with Crippen molar-refractivity contribution in [1.82, 2.24) is 10.2 Å². The number of nitrogens with one attached hydrogen (secondary N) is 1. The van der Waals surface area contributed by atoms with Crippen LogP contribution in [0.15, 0.2) is 0 Å². The maximum Gasteiger partial charge on any atom is 0.0593 e. The van der Waals surface area contributed by atoms with Gasteiger partial charge in [-0.2, -0.15) is 0 Å². The van der Waals surface area contributed by atoms with E-state index in [0.29, 0.717) is 12.1 Å². The first kappa shape index (κ1) is 14.9. The molecule has 0 saturated carbocycles. The molecule has 0 aromatic rings. The molecule has 1 saturated heterocycles. The first-order valence-electron chi connectivity index (χ1n) is 7.25. The van der Waals surface area contributed by atoms with Gasteiger partial charge in [0.1, 0.15) is 0 Å². The molecule has 3 nitrogen and oxygen atoms in total. The Balaban J connectivity index is 2.33. The molecule has 1 N–H and O–H groups in total.